The van der Waals surface area contributed by atoms with E-state index in [-0.39, 0.29) is 19.4 Å². The Morgan fingerprint density at radius 2 is 1.66 bits per heavy atom. The van der Waals surface area contributed by atoms with E-state index in [0.717, 1.165) is 16.7 Å². The predicted molar refractivity (Wildman–Crippen MR) is 173 cm³/mol. The Morgan fingerprint density at radius 3 is 2.23 bits per heavy atom. The molecule has 1 aliphatic heterocycles. The van der Waals surface area contributed by atoms with E-state index in [4.69, 9.17) is 23.7 Å². The quantitative estimate of drug-likeness (QED) is 0.171. The lowest BCUT2D eigenvalue weighted by molar-refractivity contribution is -0.346. The zero-order chi connectivity index (χ0) is 33.9. The van der Waals surface area contributed by atoms with Crippen LogP contribution in [0.3, 0.4) is 0 Å². The fraction of sp³-hybridized carbons (Fsp3) is 0.595. The van der Waals surface area contributed by atoms with Crippen molar-refractivity contribution in [2.75, 3.05) is 20.8 Å². The summed E-state index contributed by atoms with van der Waals surface area (Å²) in [5.74, 6) is -1.34. The summed E-state index contributed by atoms with van der Waals surface area (Å²) in [4.78, 5) is 13.7. The minimum atomic E-state index is -1.58. The number of esters is 1. The lowest BCUT2D eigenvalue weighted by Crippen LogP contribution is -2.76. The molecule has 0 aromatic heterocycles. The van der Waals surface area contributed by atoms with Gasteiger partial charge in [0.15, 0.2) is 6.29 Å². The van der Waals surface area contributed by atoms with Crippen LogP contribution < -0.4 is 0 Å². The molecule has 0 amide bonds. The van der Waals surface area contributed by atoms with Crippen molar-refractivity contribution in [3.05, 3.63) is 82.9 Å². The summed E-state index contributed by atoms with van der Waals surface area (Å²) in [5.41, 5.74) is 0.880. The highest BCUT2D eigenvalue weighted by Crippen LogP contribution is 2.58. The highest BCUT2D eigenvalue weighted by atomic mass is 16.6. The van der Waals surface area contributed by atoms with Gasteiger partial charge in [-0.15, -0.1) is 0 Å². The fourth-order valence-corrected chi connectivity index (χ4v) is 8.15. The largest absolute Gasteiger partial charge is 0.456 e. The first-order valence-electron chi connectivity index (χ1n) is 16.6. The van der Waals surface area contributed by atoms with E-state index < -0.39 is 71.9 Å². The highest BCUT2D eigenvalue weighted by molar-refractivity contribution is 5.89. The van der Waals surface area contributed by atoms with Gasteiger partial charge in [0, 0.05) is 44.8 Å². The standard InChI is InChI=1S/C37H50O10/c1-6-25-22(2)28(46-35(42)27(39)17-23-13-9-7-10-14-23)18-26(38)32(47-34(41)24-15-11-8-12-16-24)33-36(3,20-29(25)43-4)30(40)19-31-37(33,44-5)21-45-31/h7-16,26-33,35,38-40,42H,6,17-21H2,1-5H3/t26-,27-,28?,29+,30+,31-,32-,33+,35+,36-,37+/m1/s1. The van der Waals surface area contributed by atoms with Gasteiger partial charge < -0.3 is 44.1 Å². The number of aliphatic hydroxyl groups excluding tert-OH is 4. The molecular weight excluding hydrogens is 604 g/mol. The van der Waals surface area contributed by atoms with Crippen LogP contribution in [0.1, 0.15) is 62.4 Å². The number of hydrogen-bond acceptors (Lipinski definition) is 10. The molecule has 10 nitrogen and oxygen atoms in total. The van der Waals surface area contributed by atoms with Crippen molar-refractivity contribution < 1.29 is 48.9 Å². The van der Waals surface area contributed by atoms with Crippen LogP contribution in [0.2, 0.25) is 0 Å². The molecule has 47 heavy (non-hydrogen) atoms. The van der Waals surface area contributed by atoms with E-state index in [0.29, 0.717) is 24.8 Å². The van der Waals surface area contributed by atoms with E-state index in [1.807, 2.05) is 51.1 Å². The van der Waals surface area contributed by atoms with Crippen molar-refractivity contribution in [3.8, 4) is 0 Å². The third-order valence-electron chi connectivity index (χ3n) is 10.9. The molecule has 2 aromatic carbocycles. The molecule has 10 heteroatoms. The van der Waals surface area contributed by atoms with Gasteiger partial charge in [-0.1, -0.05) is 62.4 Å². The van der Waals surface area contributed by atoms with Gasteiger partial charge in [0.2, 0.25) is 0 Å². The summed E-state index contributed by atoms with van der Waals surface area (Å²) >= 11 is 0. The minimum absolute atomic E-state index is 0.0817. The predicted octanol–water partition coefficient (Wildman–Crippen LogP) is 3.59. The zero-order valence-electron chi connectivity index (χ0n) is 28.0. The molecule has 0 spiro atoms. The maximum Gasteiger partial charge on any atom is 0.338 e. The molecule has 5 rings (SSSR count). The van der Waals surface area contributed by atoms with E-state index in [2.05, 4.69) is 0 Å². The molecule has 2 aliphatic carbocycles. The van der Waals surface area contributed by atoms with Gasteiger partial charge in [-0.25, -0.2) is 4.79 Å². The lowest BCUT2D eigenvalue weighted by atomic mass is 9.51. The number of aliphatic hydroxyl groups is 4. The summed E-state index contributed by atoms with van der Waals surface area (Å²) in [6, 6.07) is 17.9. The first-order chi connectivity index (χ1) is 22.5. The average Bonchev–Trinajstić information content (AvgIpc) is 3.07. The second-order valence-electron chi connectivity index (χ2n) is 13.5. The van der Waals surface area contributed by atoms with Gasteiger partial charge in [-0.05, 0) is 48.6 Å². The number of fused-ring (bicyclic) bond motifs is 3. The monoisotopic (exact) mass is 654 g/mol. The second-order valence-corrected chi connectivity index (χ2v) is 13.5. The van der Waals surface area contributed by atoms with E-state index >= 15 is 0 Å². The molecule has 1 heterocycles. The van der Waals surface area contributed by atoms with E-state index in [9.17, 15) is 25.2 Å². The topological polar surface area (TPSA) is 144 Å². The molecule has 1 saturated heterocycles. The van der Waals surface area contributed by atoms with Crippen LogP contribution in [0.25, 0.3) is 0 Å². The van der Waals surface area contributed by atoms with Gasteiger partial charge in [0.1, 0.15) is 17.8 Å². The van der Waals surface area contributed by atoms with Gasteiger partial charge in [0.25, 0.3) is 0 Å². The third kappa shape index (κ3) is 6.93. The van der Waals surface area contributed by atoms with Crippen LogP contribution in [0, 0.1) is 11.3 Å². The van der Waals surface area contributed by atoms with Crippen molar-refractivity contribution in [3.63, 3.8) is 0 Å². The average molecular weight is 655 g/mol. The van der Waals surface area contributed by atoms with Crippen LogP contribution in [-0.4, -0.2) is 102 Å². The Hall–Kier alpha value is -2.67. The first kappa shape index (κ1) is 35.6. The summed E-state index contributed by atoms with van der Waals surface area (Å²) < 4.78 is 30.7. The number of carbonyl (C=O) groups is 1. The van der Waals surface area contributed by atoms with Gasteiger partial charge in [-0.3, -0.25) is 0 Å². The molecule has 0 radical (unpaired) electrons. The minimum Gasteiger partial charge on any atom is -0.456 e. The molecule has 2 fully saturated rings. The van der Waals surface area contributed by atoms with E-state index in [1.165, 1.54) is 0 Å². The number of hydrogen-bond donors (Lipinski definition) is 4. The number of rotatable bonds is 10. The van der Waals surface area contributed by atoms with Crippen molar-refractivity contribution >= 4 is 5.97 Å². The lowest BCUT2D eigenvalue weighted by Gasteiger charge is -2.64. The number of methoxy groups -OCH3 is 2. The maximum absolute atomic E-state index is 13.7. The van der Waals surface area contributed by atoms with Crippen molar-refractivity contribution in [1.29, 1.82) is 0 Å². The number of benzene rings is 2. The Balaban J connectivity index is 1.58. The highest BCUT2D eigenvalue weighted by Gasteiger charge is 2.69. The molecular formula is C37H50O10. The van der Waals surface area contributed by atoms with Crippen LogP contribution in [0.4, 0.5) is 0 Å². The Morgan fingerprint density at radius 1 is 1.00 bits per heavy atom. The molecule has 4 N–H and O–H groups in total. The van der Waals surface area contributed by atoms with Crippen LogP contribution >= 0.6 is 0 Å². The van der Waals surface area contributed by atoms with Gasteiger partial charge in [0.05, 0.1) is 42.7 Å². The van der Waals surface area contributed by atoms with Crippen molar-refractivity contribution in [2.45, 2.75) is 107 Å². The van der Waals surface area contributed by atoms with Gasteiger partial charge >= 0.3 is 5.97 Å². The first-order valence-corrected chi connectivity index (χ1v) is 16.6. The third-order valence-corrected chi connectivity index (χ3v) is 10.9. The summed E-state index contributed by atoms with van der Waals surface area (Å²) in [6.07, 6.45) is -6.72. The number of ether oxygens (including phenoxy) is 5. The zero-order valence-corrected chi connectivity index (χ0v) is 28.0. The van der Waals surface area contributed by atoms with Crippen molar-refractivity contribution in [2.24, 2.45) is 11.3 Å². The molecule has 1 saturated carbocycles. The summed E-state index contributed by atoms with van der Waals surface area (Å²) in [5, 5.41) is 46.1. The second kappa shape index (κ2) is 14.8. The smallest absolute Gasteiger partial charge is 0.338 e. The van der Waals surface area contributed by atoms with Gasteiger partial charge in [-0.2, -0.15) is 0 Å². The Labute approximate surface area is 277 Å². The molecule has 11 atom stereocenters. The Bertz CT molecular complexity index is 1360. The molecule has 258 valence electrons. The van der Waals surface area contributed by atoms with Crippen LogP contribution in [-0.2, 0) is 30.1 Å². The Kier molecular flexibility index (Phi) is 11.3. The molecule has 3 aliphatic rings. The van der Waals surface area contributed by atoms with Crippen molar-refractivity contribution in [1.82, 2.24) is 0 Å². The number of carbonyl (C=O) groups excluding carboxylic acids is 1. The summed E-state index contributed by atoms with van der Waals surface area (Å²) in [6.45, 7) is 6.01. The van der Waals surface area contributed by atoms with E-state index in [1.54, 1.807) is 44.6 Å². The van der Waals surface area contributed by atoms with Crippen LogP contribution in [0.5, 0.6) is 0 Å². The summed E-state index contributed by atoms with van der Waals surface area (Å²) in [7, 11) is 3.20. The molecule has 1 unspecified atom stereocenters. The SMILES string of the molecule is CCC1=C(C)C(O[C@H](O)[C@H](O)Cc2ccccc2)C[C@@H](O)[C@@H](OC(=O)c2ccccc2)[C@H]2[C@](C)(C[C@@H]1OC)[C@@H](O)C[C@H]1OC[C@]12OC. The normalized spacial score (nSPS) is 35.6. The fourth-order valence-electron chi connectivity index (χ4n) is 8.15. The van der Waals surface area contributed by atoms with Crippen LogP contribution in [0.15, 0.2) is 71.8 Å². The molecule has 0 bridgehead atoms. The molecule has 2 aromatic rings. The maximum atomic E-state index is 13.7.